The summed E-state index contributed by atoms with van der Waals surface area (Å²) in [5, 5.41) is 2.70. The Kier molecular flexibility index (Phi) is 4.08. The number of thioether (sulfide) groups is 1. The highest BCUT2D eigenvalue weighted by Crippen LogP contribution is 2.30. The Morgan fingerprint density at radius 1 is 1.08 bits per heavy atom. The number of hydrogen-bond donors (Lipinski definition) is 1. The van der Waals surface area contributed by atoms with Crippen molar-refractivity contribution in [3.05, 3.63) is 76.3 Å². The summed E-state index contributed by atoms with van der Waals surface area (Å²) in [4.78, 5) is 23.4. The van der Waals surface area contributed by atoms with E-state index in [2.05, 4.69) is 5.32 Å². The van der Waals surface area contributed by atoms with Crippen LogP contribution in [0.1, 0.15) is 11.1 Å². The Bertz CT molecular complexity index is 1070. The molecule has 0 aliphatic carbocycles. The molecule has 0 bridgehead atoms. The van der Waals surface area contributed by atoms with Crippen LogP contribution < -0.4 is 5.32 Å². The lowest BCUT2D eigenvalue weighted by Gasteiger charge is -2.06. The minimum Gasteiger partial charge on any atom is -0.342 e. The van der Waals surface area contributed by atoms with Crippen molar-refractivity contribution in [2.75, 3.05) is 0 Å². The summed E-state index contributed by atoms with van der Waals surface area (Å²) in [5.74, 6) is -1.68. The Hall–Kier alpha value is -2.93. The molecule has 0 radical (unpaired) electrons. The normalized spacial score (nSPS) is 15.8. The summed E-state index contributed by atoms with van der Waals surface area (Å²) in [6, 6.07) is 10.9. The van der Waals surface area contributed by atoms with Crippen molar-refractivity contribution in [3.63, 3.8) is 0 Å². The number of fused-ring (bicyclic) bond motifs is 1. The maximum atomic E-state index is 13.5. The molecule has 1 aliphatic rings. The van der Waals surface area contributed by atoms with Gasteiger partial charge >= 0.3 is 0 Å². The van der Waals surface area contributed by atoms with Crippen LogP contribution in [0, 0.1) is 11.6 Å². The van der Waals surface area contributed by atoms with E-state index in [9.17, 15) is 18.4 Å². The summed E-state index contributed by atoms with van der Waals surface area (Å²) < 4.78 is 28.8. The van der Waals surface area contributed by atoms with E-state index in [4.69, 9.17) is 0 Å². The second-order valence-electron chi connectivity index (χ2n) is 5.86. The molecule has 4 nitrogen and oxygen atoms in total. The Labute approximate surface area is 151 Å². The molecule has 1 saturated heterocycles. The van der Waals surface area contributed by atoms with Crippen LogP contribution in [0.3, 0.4) is 0 Å². The van der Waals surface area contributed by atoms with Gasteiger partial charge in [-0.2, -0.15) is 0 Å². The van der Waals surface area contributed by atoms with Crippen molar-refractivity contribution in [1.82, 2.24) is 9.88 Å². The van der Waals surface area contributed by atoms with Crippen molar-refractivity contribution in [1.29, 1.82) is 0 Å². The van der Waals surface area contributed by atoms with Crippen molar-refractivity contribution in [3.8, 4) is 0 Å². The topological polar surface area (TPSA) is 51.1 Å². The molecule has 2 amide bonds. The fourth-order valence-electron chi connectivity index (χ4n) is 2.98. The molecule has 0 unspecified atom stereocenters. The Balaban J connectivity index is 1.78. The van der Waals surface area contributed by atoms with E-state index < -0.39 is 22.8 Å². The molecule has 2 heterocycles. The molecular weight excluding hydrogens is 358 g/mol. The quantitative estimate of drug-likeness (QED) is 0.700. The zero-order valence-electron chi connectivity index (χ0n) is 13.3. The Morgan fingerprint density at radius 2 is 1.81 bits per heavy atom. The van der Waals surface area contributed by atoms with Gasteiger partial charge in [0.2, 0.25) is 0 Å². The van der Waals surface area contributed by atoms with E-state index in [-0.39, 0.29) is 6.54 Å². The van der Waals surface area contributed by atoms with Gasteiger partial charge in [0.25, 0.3) is 11.1 Å². The fraction of sp³-hybridized carbons (Fsp3) is 0.0526. The zero-order chi connectivity index (χ0) is 18.3. The van der Waals surface area contributed by atoms with Gasteiger partial charge in [0.05, 0.1) is 4.91 Å². The number of para-hydroxylation sites is 1. The van der Waals surface area contributed by atoms with Gasteiger partial charge < -0.3 is 4.57 Å². The lowest BCUT2D eigenvalue weighted by molar-refractivity contribution is -0.115. The van der Waals surface area contributed by atoms with Crippen LogP contribution in [-0.2, 0) is 11.3 Å². The van der Waals surface area contributed by atoms with Crippen molar-refractivity contribution in [2.24, 2.45) is 0 Å². The molecule has 1 aliphatic heterocycles. The average molecular weight is 370 g/mol. The molecule has 1 fully saturated rings. The number of amides is 2. The number of nitrogens with zero attached hydrogens (tertiary/aromatic N) is 1. The first-order chi connectivity index (χ1) is 12.5. The smallest absolute Gasteiger partial charge is 0.290 e. The van der Waals surface area contributed by atoms with Crippen LogP contribution >= 0.6 is 11.8 Å². The van der Waals surface area contributed by atoms with E-state index in [0.29, 0.717) is 10.5 Å². The van der Waals surface area contributed by atoms with E-state index in [1.165, 1.54) is 12.1 Å². The maximum Gasteiger partial charge on any atom is 0.290 e. The van der Waals surface area contributed by atoms with Crippen molar-refractivity contribution >= 4 is 39.9 Å². The summed E-state index contributed by atoms with van der Waals surface area (Å²) in [6.45, 7) is 0.274. The molecule has 1 N–H and O–H groups in total. The van der Waals surface area contributed by atoms with Gasteiger partial charge in [-0.15, -0.1) is 0 Å². The lowest BCUT2D eigenvalue weighted by Crippen LogP contribution is -2.17. The van der Waals surface area contributed by atoms with Gasteiger partial charge in [-0.25, -0.2) is 8.78 Å². The first-order valence-electron chi connectivity index (χ1n) is 7.77. The summed E-state index contributed by atoms with van der Waals surface area (Å²) in [6.07, 6.45) is 3.45. The maximum absolute atomic E-state index is 13.5. The minimum absolute atomic E-state index is 0.274. The third-order valence-electron chi connectivity index (χ3n) is 4.02. The number of aromatic nitrogens is 1. The van der Waals surface area contributed by atoms with Gasteiger partial charge in [0.1, 0.15) is 11.6 Å². The second kappa shape index (κ2) is 6.42. The van der Waals surface area contributed by atoms with Crippen LogP contribution in [0.2, 0.25) is 0 Å². The highest BCUT2D eigenvalue weighted by molar-refractivity contribution is 8.18. The van der Waals surface area contributed by atoms with E-state index in [1.807, 2.05) is 28.8 Å². The van der Waals surface area contributed by atoms with E-state index in [0.717, 1.165) is 34.3 Å². The highest BCUT2D eigenvalue weighted by atomic mass is 32.2. The number of rotatable bonds is 3. The van der Waals surface area contributed by atoms with Gasteiger partial charge in [-0.1, -0.05) is 18.2 Å². The molecule has 130 valence electrons. The molecular formula is C19H12F2N2O2S. The first-order valence-corrected chi connectivity index (χ1v) is 8.59. The van der Waals surface area contributed by atoms with Crippen LogP contribution in [0.15, 0.2) is 53.6 Å². The fourth-order valence-corrected chi connectivity index (χ4v) is 3.66. The van der Waals surface area contributed by atoms with Crippen molar-refractivity contribution in [2.45, 2.75) is 6.54 Å². The standard InChI is InChI=1S/C19H12F2N2O2S/c20-13-5-11(6-14(21)8-13)9-23-10-12(15-3-1-2-4-16(15)23)7-17-18(24)22-19(25)26-17/h1-8,10H,9H2,(H,22,24,25)/b17-7+. The number of carbonyl (C=O) groups is 2. The molecule has 0 spiro atoms. The van der Waals surface area contributed by atoms with Gasteiger partial charge in [0, 0.05) is 35.3 Å². The van der Waals surface area contributed by atoms with Gasteiger partial charge in [-0.05, 0) is 41.6 Å². The SMILES string of the molecule is O=C1NC(=O)/C(=C\c2cn(Cc3cc(F)cc(F)c3)c3ccccc23)S1. The molecule has 0 atom stereocenters. The van der Waals surface area contributed by atoms with Gasteiger partial charge in [-0.3, -0.25) is 14.9 Å². The highest BCUT2D eigenvalue weighted by Gasteiger charge is 2.25. The lowest BCUT2D eigenvalue weighted by atomic mass is 10.1. The largest absolute Gasteiger partial charge is 0.342 e. The molecule has 7 heteroatoms. The molecule has 0 saturated carbocycles. The van der Waals surface area contributed by atoms with E-state index in [1.54, 1.807) is 12.3 Å². The summed E-state index contributed by atoms with van der Waals surface area (Å²) in [7, 11) is 0. The number of benzene rings is 2. The molecule has 2 aromatic carbocycles. The van der Waals surface area contributed by atoms with Gasteiger partial charge in [0.15, 0.2) is 0 Å². The first kappa shape index (κ1) is 16.5. The number of carbonyl (C=O) groups excluding carboxylic acids is 2. The van der Waals surface area contributed by atoms with Crippen LogP contribution in [0.4, 0.5) is 13.6 Å². The number of nitrogens with one attached hydrogen (secondary N) is 1. The summed E-state index contributed by atoms with van der Waals surface area (Å²) in [5.41, 5.74) is 2.11. The molecule has 3 aromatic rings. The molecule has 26 heavy (non-hydrogen) atoms. The second-order valence-corrected chi connectivity index (χ2v) is 6.87. The number of hydrogen-bond acceptors (Lipinski definition) is 3. The minimum atomic E-state index is -0.628. The third-order valence-corrected chi connectivity index (χ3v) is 4.83. The number of imide groups is 1. The van der Waals surface area contributed by atoms with Crippen LogP contribution in [0.25, 0.3) is 17.0 Å². The predicted octanol–water partition coefficient (Wildman–Crippen LogP) is 4.29. The van der Waals surface area contributed by atoms with Crippen molar-refractivity contribution < 1.29 is 18.4 Å². The average Bonchev–Trinajstić information content (AvgIpc) is 3.07. The monoisotopic (exact) mass is 370 g/mol. The molecule has 4 rings (SSSR count). The van der Waals surface area contributed by atoms with Crippen LogP contribution in [0.5, 0.6) is 0 Å². The molecule has 1 aromatic heterocycles. The predicted molar refractivity (Wildman–Crippen MR) is 96.5 cm³/mol. The van der Waals surface area contributed by atoms with Crippen LogP contribution in [-0.4, -0.2) is 15.7 Å². The number of halogens is 2. The summed E-state index contributed by atoms with van der Waals surface area (Å²) >= 11 is 0.847. The Morgan fingerprint density at radius 3 is 2.50 bits per heavy atom. The van der Waals surface area contributed by atoms with E-state index >= 15 is 0 Å². The third kappa shape index (κ3) is 3.13. The zero-order valence-corrected chi connectivity index (χ0v) is 14.1.